The van der Waals surface area contributed by atoms with E-state index in [9.17, 15) is 4.79 Å². The third-order valence-electron chi connectivity index (χ3n) is 5.55. The standard InChI is InChI=1S/C22H29N7O2/c1-15(2)13-17(23)22(30)28-11-9-27(10-12-28)20-7-6-19-25-14-18(29(19)26-20)16-5-4-8-24-21(16)31-3/h4-8,14-15,17H,9-13,23H2,1-3H3. The molecule has 0 spiro atoms. The van der Waals surface area contributed by atoms with Crippen LogP contribution in [-0.4, -0.2) is 69.7 Å². The predicted molar refractivity (Wildman–Crippen MR) is 119 cm³/mol. The van der Waals surface area contributed by atoms with Crippen LogP contribution in [-0.2, 0) is 4.79 Å². The lowest BCUT2D eigenvalue weighted by Gasteiger charge is -2.36. The van der Waals surface area contributed by atoms with Crippen LogP contribution in [0.5, 0.6) is 5.88 Å². The lowest BCUT2D eigenvalue weighted by molar-refractivity contribution is -0.133. The Hall–Kier alpha value is -3.20. The van der Waals surface area contributed by atoms with Gasteiger partial charge >= 0.3 is 0 Å². The van der Waals surface area contributed by atoms with E-state index in [-0.39, 0.29) is 5.91 Å². The first-order chi connectivity index (χ1) is 15.0. The highest BCUT2D eigenvalue weighted by Gasteiger charge is 2.26. The van der Waals surface area contributed by atoms with Crippen LogP contribution in [0.15, 0.2) is 36.7 Å². The van der Waals surface area contributed by atoms with Crippen LogP contribution < -0.4 is 15.4 Å². The van der Waals surface area contributed by atoms with Crippen molar-refractivity contribution in [1.82, 2.24) is 24.5 Å². The maximum absolute atomic E-state index is 12.6. The van der Waals surface area contributed by atoms with Crippen LogP contribution in [0.3, 0.4) is 0 Å². The van der Waals surface area contributed by atoms with Crippen molar-refractivity contribution >= 4 is 17.4 Å². The van der Waals surface area contributed by atoms with E-state index in [4.69, 9.17) is 15.6 Å². The molecule has 31 heavy (non-hydrogen) atoms. The Morgan fingerprint density at radius 1 is 1.16 bits per heavy atom. The molecule has 1 atom stereocenters. The number of piperazine rings is 1. The highest BCUT2D eigenvalue weighted by atomic mass is 16.5. The molecule has 1 fully saturated rings. The largest absolute Gasteiger partial charge is 0.481 e. The Kier molecular flexibility index (Phi) is 6.03. The number of methoxy groups -OCH3 is 1. The summed E-state index contributed by atoms with van der Waals surface area (Å²) in [4.78, 5) is 25.4. The molecule has 4 heterocycles. The van der Waals surface area contributed by atoms with Gasteiger partial charge in [0.25, 0.3) is 0 Å². The van der Waals surface area contributed by atoms with Crippen LogP contribution >= 0.6 is 0 Å². The number of fused-ring (bicyclic) bond motifs is 1. The lowest BCUT2D eigenvalue weighted by Crippen LogP contribution is -2.53. The third-order valence-corrected chi connectivity index (χ3v) is 5.55. The molecule has 3 aromatic heterocycles. The molecule has 0 radical (unpaired) electrons. The van der Waals surface area contributed by atoms with Gasteiger partial charge in [-0.1, -0.05) is 13.8 Å². The normalized spacial score (nSPS) is 15.5. The number of imidazole rings is 1. The summed E-state index contributed by atoms with van der Waals surface area (Å²) in [6.07, 6.45) is 4.18. The van der Waals surface area contributed by atoms with Crippen LogP contribution in [0.1, 0.15) is 20.3 Å². The molecular formula is C22H29N7O2. The molecule has 4 rings (SSSR count). The first-order valence-electron chi connectivity index (χ1n) is 10.6. The maximum Gasteiger partial charge on any atom is 0.239 e. The summed E-state index contributed by atoms with van der Waals surface area (Å²) in [6, 6.07) is 7.29. The van der Waals surface area contributed by atoms with E-state index in [0.29, 0.717) is 44.4 Å². The van der Waals surface area contributed by atoms with E-state index < -0.39 is 6.04 Å². The minimum Gasteiger partial charge on any atom is -0.481 e. The Balaban J connectivity index is 1.52. The molecule has 2 N–H and O–H groups in total. The van der Waals surface area contributed by atoms with Gasteiger partial charge in [0.05, 0.1) is 30.6 Å². The average Bonchev–Trinajstić information content (AvgIpc) is 3.21. The summed E-state index contributed by atoms with van der Waals surface area (Å²) in [6.45, 7) is 6.85. The first-order valence-corrected chi connectivity index (χ1v) is 10.6. The number of nitrogens with zero attached hydrogens (tertiary/aromatic N) is 6. The number of carbonyl (C=O) groups excluding carboxylic acids is 1. The lowest BCUT2D eigenvalue weighted by atomic mass is 10.0. The van der Waals surface area contributed by atoms with Crippen LogP contribution in [0.25, 0.3) is 16.9 Å². The molecular weight excluding hydrogens is 394 g/mol. The van der Waals surface area contributed by atoms with Gasteiger partial charge < -0.3 is 20.3 Å². The third kappa shape index (κ3) is 4.32. The fourth-order valence-electron chi connectivity index (χ4n) is 3.96. The molecule has 0 aliphatic carbocycles. The predicted octanol–water partition coefficient (Wildman–Crippen LogP) is 1.82. The van der Waals surface area contributed by atoms with Crippen molar-refractivity contribution in [2.45, 2.75) is 26.3 Å². The quantitative estimate of drug-likeness (QED) is 0.645. The monoisotopic (exact) mass is 423 g/mol. The molecule has 0 bridgehead atoms. The number of carbonyl (C=O) groups is 1. The summed E-state index contributed by atoms with van der Waals surface area (Å²) in [5.74, 6) is 1.81. The zero-order chi connectivity index (χ0) is 22.0. The second-order valence-corrected chi connectivity index (χ2v) is 8.21. The van der Waals surface area contributed by atoms with Crippen molar-refractivity contribution in [1.29, 1.82) is 0 Å². The number of amides is 1. The van der Waals surface area contributed by atoms with E-state index in [1.165, 1.54) is 0 Å². The molecule has 9 heteroatoms. The van der Waals surface area contributed by atoms with Gasteiger partial charge in [-0.25, -0.2) is 14.5 Å². The van der Waals surface area contributed by atoms with Crippen LogP contribution in [0.4, 0.5) is 5.82 Å². The zero-order valence-corrected chi connectivity index (χ0v) is 18.2. The minimum absolute atomic E-state index is 0.0392. The molecule has 1 aliphatic heterocycles. The molecule has 9 nitrogen and oxygen atoms in total. The van der Waals surface area contributed by atoms with E-state index in [0.717, 1.165) is 22.7 Å². The topological polar surface area (TPSA) is 102 Å². The number of nitrogens with two attached hydrogens (primary N) is 1. The number of ether oxygens (including phenoxy) is 1. The Bertz CT molecular complexity index is 1060. The smallest absolute Gasteiger partial charge is 0.239 e. The number of aromatic nitrogens is 4. The van der Waals surface area contributed by atoms with E-state index >= 15 is 0 Å². The molecule has 164 valence electrons. The van der Waals surface area contributed by atoms with Gasteiger partial charge in [0, 0.05) is 32.4 Å². The van der Waals surface area contributed by atoms with E-state index in [1.54, 1.807) is 19.5 Å². The van der Waals surface area contributed by atoms with Crippen molar-refractivity contribution in [2.75, 3.05) is 38.2 Å². The number of pyridine rings is 1. The van der Waals surface area contributed by atoms with Crippen molar-refractivity contribution in [3.05, 3.63) is 36.7 Å². The minimum atomic E-state index is -0.427. The molecule has 1 unspecified atom stereocenters. The van der Waals surface area contributed by atoms with E-state index in [2.05, 4.69) is 28.7 Å². The summed E-state index contributed by atoms with van der Waals surface area (Å²) in [5.41, 5.74) is 8.49. The SMILES string of the molecule is COc1ncccc1-c1cnc2ccc(N3CCN(C(=O)C(N)CC(C)C)CC3)nn12. The molecule has 3 aromatic rings. The number of hydrogen-bond donors (Lipinski definition) is 1. The zero-order valence-electron chi connectivity index (χ0n) is 18.2. The van der Waals surface area contributed by atoms with Gasteiger partial charge in [-0.3, -0.25) is 4.79 Å². The highest BCUT2D eigenvalue weighted by molar-refractivity contribution is 5.82. The van der Waals surface area contributed by atoms with Crippen LogP contribution in [0.2, 0.25) is 0 Å². The Labute approximate surface area is 181 Å². The van der Waals surface area contributed by atoms with Gasteiger partial charge in [-0.05, 0) is 36.6 Å². The second kappa shape index (κ2) is 8.89. The van der Waals surface area contributed by atoms with Crippen LogP contribution in [0, 0.1) is 5.92 Å². The molecule has 0 saturated carbocycles. The van der Waals surface area contributed by atoms with Gasteiger partial charge in [0.2, 0.25) is 11.8 Å². The summed E-state index contributed by atoms with van der Waals surface area (Å²) >= 11 is 0. The fraction of sp³-hybridized carbons (Fsp3) is 0.455. The molecule has 0 aromatic carbocycles. The van der Waals surface area contributed by atoms with E-state index in [1.807, 2.05) is 33.7 Å². The first kappa shape index (κ1) is 21.0. The Morgan fingerprint density at radius 2 is 1.94 bits per heavy atom. The second-order valence-electron chi connectivity index (χ2n) is 8.21. The Morgan fingerprint density at radius 3 is 2.65 bits per heavy atom. The van der Waals surface area contributed by atoms with Crippen molar-refractivity contribution < 1.29 is 9.53 Å². The highest BCUT2D eigenvalue weighted by Crippen LogP contribution is 2.28. The summed E-state index contributed by atoms with van der Waals surface area (Å²) in [7, 11) is 1.60. The number of rotatable bonds is 6. The van der Waals surface area contributed by atoms with Gasteiger partial charge in [0.1, 0.15) is 5.82 Å². The molecule has 1 aliphatic rings. The molecule has 1 saturated heterocycles. The van der Waals surface area contributed by atoms with Gasteiger partial charge in [-0.15, -0.1) is 5.10 Å². The molecule has 1 amide bonds. The fourth-order valence-corrected chi connectivity index (χ4v) is 3.96. The van der Waals surface area contributed by atoms with Crippen molar-refractivity contribution in [3.8, 4) is 17.1 Å². The summed E-state index contributed by atoms with van der Waals surface area (Å²) < 4.78 is 7.21. The number of anilines is 1. The van der Waals surface area contributed by atoms with Gasteiger partial charge in [0.15, 0.2) is 5.65 Å². The average molecular weight is 424 g/mol. The maximum atomic E-state index is 12.6. The number of hydrogen-bond acceptors (Lipinski definition) is 7. The van der Waals surface area contributed by atoms with Crippen molar-refractivity contribution in [3.63, 3.8) is 0 Å². The van der Waals surface area contributed by atoms with Gasteiger partial charge in [-0.2, -0.15) is 0 Å². The summed E-state index contributed by atoms with van der Waals surface area (Å²) in [5, 5.41) is 4.82. The van der Waals surface area contributed by atoms with Crippen molar-refractivity contribution in [2.24, 2.45) is 11.7 Å².